The molecule has 0 aliphatic carbocycles. The van der Waals surface area contributed by atoms with Gasteiger partial charge in [0.05, 0.1) is 42.7 Å². The van der Waals surface area contributed by atoms with Crippen LogP contribution < -0.4 is 33.8 Å². The van der Waals surface area contributed by atoms with E-state index in [4.69, 9.17) is 23.7 Å². The van der Waals surface area contributed by atoms with Crippen LogP contribution in [0, 0.1) is 5.82 Å². The predicted molar refractivity (Wildman–Crippen MR) is 173 cm³/mol. The Morgan fingerprint density at radius 2 is 1.72 bits per heavy atom. The summed E-state index contributed by atoms with van der Waals surface area (Å²) in [6.07, 6.45) is 1.76. The third kappa shape index (κ3) is 6.69. The molecule has 1 aliphatic heterocycles. The van der Waals surface area contributed by atoms with Crippen molar-refractivity contribution in [3.63, 3.8) is 0 Å². The molecule has 0 amide bonds. The van der Waals surface area contributed by atoms with Crippen LogP contribution >= 0.6 is 11.3 Å². The maximum atomic E-state index is 14.2. The molecule has 46 heavy (non-hydrogen) atoms. The number of rotatable bonds is 12. The number of carbonyl (C=O) groups is 1. The van der Waals surface area contributed by atoms with Crippen molar-refractivity contribution < 1.29 is 32.9 Å². The van der Waals surface area contributed by atoms with Gasteiger partial charge in [-0.05, 0) is 75.2 Å². The van der Waals surface area contributed by atoms with Crippen molar-refractivity contribution in [1.82, 2.24) is 4.57 Å². The Bertz CT molecular complexity index is 1950. The van der Waals surface area contributed by atoms with E-state index in [9.17, 15) is 14.0 Å². The zero-order valence-corrected chi connectivity index (χ0v) is 27.1. The van der Waals surface area contributed by atoms with Crippen LogP contribution in [-0.2, 0) is 16.1 Å². The van der Waals surface area contributed by atoms with Crippen LogP contribution in [0.4, 0.5) is 4.39 Å². The number of hydrogen-bond acceptors (Lipinski definition) is 9. The number of halogens is 1. The molecule has 240 valence electrons. The number of ether oxygens (including phenoxy) is 5. The van der Waals surface area contributed by atoms with E-state index in [0.29, 0.717) is 62.4 Å². The van der Waals surface area contributed by atoms with E-state index in [-0.39, 0.29) is 30.2 Å². The molecule has 4 aromatic rings. The summed E-state index contributed by atoms with van der Waals surface area (Å²) < 4.78 is 44.1. The Morgan fingerprint density at radius 1 is 0.957 bits per heavy atom. The Balaban J connectivity index is 1.60. The fourth-order valence-electron chi connectivity index (χ4n) is 5.19. The van der Waals surface area contributed by atoms with E-state index in [2.05, 4.69) is 4.99 Å². The number of allylic oxidation sites excluding steroid dienone is 1. The molecule has 1 aliphatic rings. The quantitative estimate of drug-likeness (QED) is 0.192. The lowest BCUT2D eigenvalue weighted by atomic mass is 9.94. The molecule has 0 spiro atoms. The normalized spacial score (nSPS) is 14.4. The third-order valence-corrected chi connectivity index (χ3v) is 8.19. The SMILES string of the molecule is CCOC(=O)C1=C(C)N=c2s/c(=C/c3ccc(OCc4ccc(F)cc4)c(OCC)c3)c(=O)n2[C@H]1c1cccc(OC)c1OCC. The lowest BCUT2D eigenvalue weighted by Crippen LogP contribution is -2.40. The Labute approximate surface area is 269 Å². The average Bonchev–Trinajstić information content (AvgIpc) is 3.35. The number of benzene rings is 3. The maximum absolute atomic E-state index is 14.2. The standard InChI is InChI=1S/C35H35FN2O7S/c1-6-42-28-18-23(14-17-26(28)45-20-22-12-15-24(36)16-13-22)19-29-33(39)38-31(25-10-9-11-27(41-5)32(25)43-7-2)30(34(40)44-8-3)21(4)37-35(38)46-29/h9-19,31H,6-8,20H2,1-5H3/b29-19+/t31-/m0/s1. The maximum Gasteiger partial charge on any atom is 0.338 e. The van der Waals surface area contributed by atoms with Crippen molar-refractivity contribution in [1.29, 1.82) is 0 Å². The number of hydrogen-bond donors (Lipinski definition) is 0. The molecular formula is C35H35FN2O7S. The molecule has 11 heteroatoms. The minimum Gasteiger partial charge on any atom is -0.493 e. The molecule has 0 saturated heterocycles. The second kappa shape index (κ2) is 14.5. The molecule has 0 fully saturated rings. The van der Waals surface area contributed by atoms with Crippen LogP contribution in [0.3, 0.4) is 0 Å². The topological polar surface area (TPSA) is 97.6 Å². The van der Waals surface area contributed by atoms with Gasteiger partial charge in [0, 0.05) is 5.56 Å². The second-order valence-corrected chi connectivity index (χ2v) is 11.2. The first kappa shape index (κ1) is 32.5. The van der Waals surface area contributed by atoms with Gasteiger partial charge in [0.25, 0.3) is 5.56 Å². The van der Waals surface area contributed by atoms with Crippen LogP contribution in [0.1, 0.15) is 50.4 Å². The fourth-order valence-corrected chi connectivity index (χ4v) is 6.24. The van der Waals surface area contributed by atoms with E-state index in [1.165, 1.54) is 35.1 Å². The summed E-state index contributed by atoms with van der Waals surface area (Å²) >= 11 is 1.21. The highest BCUT2D eigenvalue weighted by molar-refractivity contribution is 7.07. The van der Waals surface area contributed by atoms with Crippen molar-refractivity contribution in [3.8, 4) is 23.0 Å². The van der Waals surface area contributed by atoms with Gasteiger partial charge < -0.3 is 23.7 Å². The van der Waals surface area contributed by atoms with Gasteiger partial charge in [-0.1, -0.05) is 41.7 Å². The fraction of sp³-hybridized carbons (Fsp3) is 0.286. The molecular weight excluding hydrogens is 611 g/mol. The van der Waals surface area contributed by atoms with Crippen LogP contribution in [0.2, 0.25) is 0 Å². The van der Waals surface area contributed by atoms with Gasteiger partial charge >= 0.3 is 5.97 Å². The smallest absolute Gasteiger partial charge is 0.338 e. The highest BCUT2D eigenvalue weighted by Crippen LogP contribution is 2.41. The van der Waals surface area contributed by atoms with Crippen LogP contribution in [0.15, 0.2) is 81.7 Å². The van der Waals surface area contributed by atoms with Gasteiger partial charge in [0.15, 0.2) is 27.8 Å². The first-order valence-electron chi connectivity index (χ1n) is 14.9. The second-order valence-electron chi connectivity index (χ2n) is 10.2. The molecule has 3 aromatic carbocycles. The van der Waals surface area contributed by atoms with Crippen LogP contribution in [0.25, 0.3) is 6.08 Å². The van der Waals surface area contributed by atoms with Gasteiger partial charge in [-0.2, -0.15) is 0 Å². The molecule has 0 bridgehead atoms. The minimum absolute atomic E-state index is 0.162. The van der Waals surface area contributed by atoms with Crippen LogP contribution in [0.5, 0.6) is 23.0 Å². The van der Waals surface area contributed by atoms with E-state index < -0.39 is 12.0 Å². The average molecular weight is 647 g/mol. The third-order valence-electron chi connectivity index (χ3n) is 7.20. The lowest BCUT2D eigenvalue weighted by molar-refractivity contribution is -0.139. The summed E-state index contributed by atoms with van der Waals surface area (Å²) in [7, 11) is 1.54. The summed E-state index contributed by atoms with van der Waals surface area (Å²) in [4.78, 5) is 32.6. The summed E-state index contributed by atoms with van der Waals surface area (Å²) in [6, 6.07) is 16.0. The van der Waals surface area contributed by atoms with Crippen molar-refractivity contribution in [3.05, 3.63) is 114 Å². The molecule has 0 radical (unpaired) electrons. The first-order valence-corrected chi connectivity index (χ1v) is 15.7. The number of nitrogens with zero attached hydrogens (tertiary/aromatic N) is 2. The molecule has 0 N–H and O–H groups in total. The number of aromatic nitrogens is 1. The largest absolute Gasteiger partial charge is 0.493 e. The van der Waals surface area contributed by atoms with E-state index in [1.807, 2.05) is 26.0 Å². The van der Waals surface area contributed by atoms with Gasteiger partial charge in [-0.25, -0.2) is 14.2 Å². The summed E-state index contributed by atoms with van der Waals surface area (Å²) in [5, 5.41) is 0. The van der Waals surface area contributed by atoms with Crippen molar-refractivity contribution in [2.24, 2.45) is 4.99 Å². The van der Waals surface area contributed by atoms with Crippen molar-refractivity contribution in [2.75, 3.05) is 26.9 Å². The Morgan fingerprint density at radius 3 is 2.41 bits per heavy atom. The van der Waals surface area contributed by atoms with Crippen LogP contribution in [-0.4, -0.2) is 37.5 Å². The molecule has 1 atom stereocenters. The number of methoxy groups -OCH3 is 1. The molecule has 2 heterocycles. The molecule has 0 unspecified atom stereocenters. The zero-order valence-electron chi connectivity index (χ0n) is 26.3. The number of carbonyl (C=O) groups excluding carboxylic acids is 1. The molecule has 1 aromatic heterocycles. The van der Waals surface area contributed by atoms with Gasteiger partial charge in [0.1, 0.15) is 18.5 Å². The van der Waals surface area contributed by atoms with E-state index >= 15 is 0 Å². The lowest BCUT2D eigenvalue weighted by Gasteiger charge is -2.26. The summed E-state index contributed by atoms with van der Waals surface area (Å²) in [5.41, 5.74) is 2.45. The number of esters is 1. The highest BCUT2D eigenvalue weighted by Gasteiger charge is 2.36. The van der Waals surface area contributed by atoms with Gasteiger partial charge in [0.2, 0.25) is 0 Å². The summed E-state index contributed by atoms with van der Waals surface area (Å²) in [6.45, 7) is 8.32. The van der Waals surface area contributed by atoms with Crippen molar-refractivity contribution in [2.45, 2.75) is 40.3 Å². The monoisotopic (exact) mass is 646 g/mol. The highest BCUT2D eigenvalue weighted by atomic mass is 32.1. The van der Waals surface area contributed by atoms with E-state index in [0.717, 1.165) is 5.56 Å². The number of thiazole rings is 1. The summed E-state index contributed by atoms with van der Waals surface area (Å²) in [5.74, 6) is 1.05. The number of fused-ring (bicyclic) bond motifs is 1. The minimum atomic E-state index is -0.865. The molecule has 0 saturated carbocycles. The van der Waals surface area contributed by atoms with Crippen molar-refractivity contribution >= 4 is 23.4 Å². The van der Waals surface area contributed by atoms with Gasteiger partial charge in [-0.3, -0.25) is 9.36 Å². The molecule has 9 nitrogen and oxygen atoms in total. The van der Waals surface area contributed by atoms with Gasteiger partial charge in [-0.15, -0.1) is 0 Å². The predicted octanol–water partition coefficient (Wildman–Crippen LogP) is 5.32. The van der Waals surface area contributed by atoms with E-state index in [1.54, 1.807) is 56.3 Å². The Hall–Kier alpha value is -4.90. The molecule has 5 rings (SSSR count). The first-order chi connectivity index (χ1) is 22.3. The number of para-hydroxylation sites is 1. The zero-order chi connectivity index (χ0) is 32.8. The Kier molecular flexibility index (Phi) is 10.2.